The Hall–Kier alpha value is -1.80. The molecule has 0 N–H and O–H groups in total. The molecule has 0 bridgehead atoms. The molecule has 0 spiro atoms. The van der Waals surface area contributed by atoms with Crippen molar-refractivity contribution in [3.8, 4) is 5.75 Å². The van der Waals surface area contributed by atoms with Gasteiger partial charge in [-0.1, -0.05) is 56.6 Å². The second-order valence-corrected chi connectivity index (χ2v) is 6.81. The lowest BCUT2D eigenvalue weighted by molar-refractivity contribution is -0.134. The van der Waals surface area contributed by atoms with Gasteiger partial charge in [0.05, 0.1) is 0 Å². The zero-order valence-corrected chi connectivity index (χ0v) is 14.0. The molecule has 2 aromatic rings. The van der Waals surface area contributed by atoms with E-state index in [1.807, 2.05) is 48.5 Å². The van der Waals surface area contributed by atoms with Crippen LogP contribution < -0.4 is 4.74 Å². The average molecular weight is 317 g/mol. The van der Waals surface area contributed by atoms with Gasteiger partial charge in [0.15, 0.2) is 0 Å². The van der Waals surface area contributed by atoms with Gasteiger partial charge in [0.1, 0.15) is 5.75 Å². The number of hydrogen-bond acceptors (Lipinski definition) is 2. The maximum absolute atomic E-state index is 11.9. The molecule has 2 rings (SSSR count). The topological polar surface area (TPSA) is 26.3 Å². The van der Waals surface area contributed by atoms with Crippen LogP contribution >= 0.6 is 11.6 Å². The van der Waals surface area contributed by atoms with Crippen molar-refractivity contribution in [1.29, 1.82) is 0 Å². The number of hydrogen-bond donors (Lipinski definition) is 0. The molecule has 0 saturated carbocycles. The smallest absolute Gasteiger partial charge is 0.311 e. The fraction of sp³-hybridized carbons (Fsp3) is 0.316. The molecule has 0 aliphatic heterocycles. The van der Waals surface area contributed by atoms with Gasteiger partial charge in [0.25, 0.3) is 0 Å². The van der Waals surface area contributed by atoms with E-state index in [1.165, 1.54) is 5.56 Å². The third kappa shape index (κ3) is 4.88. The van der Waals surface area contributed by atoms with Gasteiger partial charge >= 0.3 is 5.97 Å². The molecule has 22 heavy (non-hydrogen) atoms. The highest BCUT2D eigenvalue weighted by atomic mass is 35.5. The van der Waals surface area contributed by atoms with E-state index in [4.69, 9.17) is 16.3 Å². The Morgan fingerprint density at radius 3 is 2.36 bits per heavy atom. The van der Waals surface area contributed by atoms with Crippen molar-refractivity contribution >= 4 is 17.6 Å². The van der Waals surface area contributed by atoms with Crippen molar-refractivity contribution < 1.29 is 9.53 Å². The Morgan fingerprint density at radius 2 is 1.77 bits per heavy atom. The fourth-order valence-corrected chi connectivity index (χ4v) is 2.36. The maximum Gasteiger partial charge on any atom is 0.311 e. The third-order valence-electron chi connectivity index (χ3n) is 3.46. The summed E-state index contributed by atoms with van der Waals surface area (Å²) in [5, 5.41) is 0.684. The highest BCUT2D eigenvalue weighted by Gasteiger charge is 2.13. The van der Waals surface area contributed by atoms with Crippen molar-refractivity contribution in [3.63, 3.8) is 0 Å². The van der Waals surface area contributed by atoms with Crippen LogP contribution in [-0.2, 0) is 16.6 Å². The highest BCUT2D eigenvalue weighted by molar-refractivity contribution is 6.30. The maximum atomic E-state index is 11.9. The summed E-state index contributed by atoms with van der Waals surface area (Å²) < 4.78 is 5.36. The van der Waals surface area contributed by atoms with Crippen LogP contribution in [0.3, 0.4) is 0 Å². The van der Waals surface area contributed by atoms with Gasteiger partial charge in [-0.3, -0.25) is 4.79 Å². The second kappa shape index (κ2) is 6.97. The molecule has 0 heterocycles. The van der Waals surface area contributed by atoms with Gasteiger partial charge in [-0.05, 0) is 47.2 Å². The van der Waals surface area contributed by atoms with Gasteiger partial charge in [0, 0.05) is 11.4 Å². The van der Waals surface area contributed by atoms with Crippen LogP contribution in [0.2, 0.25) is 5.02 Å². The summed E-state index contributed by atoms with van der Waals surface area (Å²) in [6, 6.07) is 15.2. The minimum absolute atomic E-state index is 0.0924. The summed E-state index contributed by atoms with van der Waals surface area (Å²) in [5.74, 6) is 0.354. The van der Waals surface area contributed by atoms with E-state index in [-0.39, 0.29) is 11.4 Å². The van der Waals surface area contributed by atoms with Crippen LogP contribution in [0.15, 0.2) is 48.5 Å². The number of benzene rings is 2. The lowest BCUT2D eigenvalue weighted by atomic mass is 9.87. The summed E-state index contributed by atoms with van der Waals surface area (Å²) in [5.41, 5.74) is 2.34. The van der Waals surface area contributed by atoms with Crippen LogP contribution in [-0.4, -0.2) is 5.97 Å². The summed E-state index contributed by atoms with van der Waals surface area (Å²) in [6.45, 7) is 6.46. The number of ether oxygens (including phenoxy) is 1. The van der Waals surface area contributed by atoms with Gasteiger partial charge in [0.2, 0.25) is 0 Å². The molecule has 2 aromatic carbocycles. The van der Waals surface area contributed by atoms with Crippen molar-refractivity contribution in [2.75, 3.05) is 0 Å². The molecule has 0 radical (unpaired) electrons. The van der Waals surface area contributed by atoms with E-state index in [1.54, 1.807) is 0 Å². The van der Waals surface area contributed by atoms with Crippen molar-refractivity contribution in [2.24, 2.45) is 0 Å². The van der Waals surface area contributed by atoms with Crippen LogP contribution in [0.5, 0.6) is 5.75 Å². The number of halogens is 1. The third-order valence-corrected chi connectivity index (χ3v) is 3.69. The second-order valence-electron chi connectivity index (χ2n) is 6.38. The van der Waals surface area contributed by atoms with Crippen LogP contribution in [0, 0.1) is 0 Å². The largest absolute Gasteiger partial charge is 0.427 e. The molecule has 0 aromatic heterocycles. The quantitative estimate of drug-likeness (QED) is 0.574. The molecule has 0 amide bonds. The lowest BCUT2D eigenvalue weighted by Crippen LogP contribution is -2.12. The molecule has 0 saturated heterocycles. The monoisotopic (exact) mass is 316 g/mol. The zero-order chi connectivity index (χ0) is 16.2. The minimum Gasteiger partial charge on any atom is -0.427 e. The average Bonchev–Trinajstić information content (AvgIpc) is 2.45. The Balaban J connectivity index is 1.89. The zero-order valence-electron chi connectivity index (χ0n) is 13.2. The molecule has 0 atom stereocenters. The van der Waals surface area contributed by atoms with E-state index >= 15 is 0 Å². The minimum atomic E-state index is -0.233. The Kier molecular flexibility index (Phi) is 5.25. The fourth-order valence-electron chi connectivity index (χ4n) is 2.14. The van der Waals surface area contributed by atoms with Gasteiger partial charge < -0.3 is 4.74 Å². The summed E-state index contributed by atoms with van der Waals surface area (Å²) in [6.07, 6.45) is 0.959. The first-order chi connectivity index (χ1) is 10.3. The summed E-state index contributed by atoms with van der Waals surface area (Å²) >= 11 is 5.93. The molecule has 0 fully saturated rings. The summed E-state index contributed by atoms with van der Waals surface area (Å²) in [7, 11) is 0. The molecule has 0 aliphatic rings. The van der Waals surface area contributed by atoms with E-state index in [9.17, 15) is 4.79 Å². The number of aryl methyl sites for hydroxylation is 1. The first kappa shape index (κ1) is 16.6. The molecule has 3 heteroatoms. The van der Waals surface area contributed by atoms with Crippen molar-refractivity contribution in [2.45, 2.75) is 39.0 Å². The SMILES string of the molecule is CC(C)(C)c1ccc(OC(=O)CCc2cccc(Cl)c2)cc1. The van der Waals surface area contributed by atoms with Gasteiger partial charge in [-0.25, -0.2) is 0 Å². The normalized spacial score (nSPS) is 11.3. The van der Waals surface area contributed by atoms with Gasteiger partial charge in [-0.15, -0.1) is 0 Å². The Morgan fingerprint density at radius 1 is 1.09 bits per heavy atom. The number of carbonyl (C=O) groups is 1. The molecular formula is C19H21ClO2. The molecular weight excluding hydrogens is 296 g/mol. The molecule has 0 aliphatic carbocycles. The number of esters is 1. The number of rotatable bonds is 4. The molecule has 0 unspecified atom stereocenters. The van der Waals surface area contributed by atoms with Crippen LogP contribution in [0.1, 0.15) is 38.3 Å². The van der Waals surface area contributed by atoms with E-state index in [0.717, 1.165) is 5.56 Å². The lowest BCUT2D eigenvalue weighted by Gasteiger charge is -2.19. The van der Waals surface area contributed by atoms with E-state index in [0.29, 0.717) is 23.6 Å². The highest BCUT2D eigenvalue weighted by Crippen LogP contribution is 2.24. The van der Waals surface area contributed by atoms with Crippen LogP contribution in [0.25, 0.3) is 0 Å². The van der Waals surface area contributed by atoms with E-state index in [2.05, 4.69) is 20.8 Å². The standard InChI is InChI=1S/C19H21ClO2/c1-19(2,3)15-8-10-17(11-9-15)22-18(21)12-7-14-5-4-6-16(20)13-14/h4-6,8-11,13H,7,12H2,1-3H3. The van der Waals surface area contributed by atoms with E-state index < -0.39 is 0 Å². The Labute approximate surface area is 137 Å². The molecule has 116 valence electrons. The first-order valence-electron chi connectivity index (χ1n) is 7.40. The Bertz CT molecular complexity index is 639. The summed E-state index contributed by atoms with van der Waals surface area (Å²) in [4.78, 5) is 11.9. The van der Waals surface area contributed by atoms with Crippen molar-refractivity contribution in [1.82, 2.24) is 0 Å². The van der Waals surface area contributed by atoms with Gasteiger partial charge in [-0.2, -0.15) is 0 Å². The van der Waals surface area contributed by atoms with Crippen LogP contribution in [0.4, 0.5) is 0 Å². The van der Waals surface area contributed by atoms with Crippen molar-refractivity contribution in [3.05, 3.63) is 64.7 Å². The predicted molar refractivity (Wildman–Crippen MR) is 90.6 cm³/mol. The number of carbonyl (C=O) groups excluding carboxylic acids is 1. The predicted octanol–water partition coefficient (Wildman–Crippen LogP) is 5.18. The first-order valence-corrected chi connectivity index (χ1v) is 7.78. The molecule has 2 nitrogen and oxygen atoms in total.